The van der Waals surface area contributed by atoms with Crippen LogP contribution in [-0.2, 0) is 14.4 Å². The molecule has 0 spiro atoms. The number of carbonyl (C=O) groups is 4. The first kappa shape index (κ1) is 24.7. The number of carbonyl (C=O) groups excluding carboxylic acids is 4. The Morgan fingerprint density at radius 2 is 1.63 bits per heavy atom. The van der Waals surface area contributed by atoms with Gasteiger partial charge in [0.1, 0.15) is 0 Å². The molecule has 2 saturated heterocycles. The number of piperazine rings is 1. The maximum Gasteiger partial charge on any atom is 0.251 e. The minimum Gasteiger partial charge on any atom is -0.343 e. The molecule has 2 aliphatic rings. The van der Waals surface area contributed by atoms with Gasteiger partial charge in [0, 0.05) is 50.4 Å². The van der Waals surface area contributed by atoms with Crippen LogP contribution in [0.4, 0.5) is 11.4 Å². The molecule has 10 heteroatoms. The fourth-order valence-electron chi connectivity index (χ4n) is 4.19. The Balaban J connectivity index is 1.18. The summed E-state index contributed by atoms with van der Waals surface area (Å²) in [4.78, 5) is 54.6. The van der Waals surface area contributed by atoms with Gasteiger partial charge in [-0.15, -0.1) is 0 Å². The lowest BCUT2D eigenvalue weighted by Crippen LogP contribution is -2.52. The Morgan fingerprint density at radius 1 is 0.914 bits per heavy atom. The lowest BCUT2D eigenvalue weighted by atomic mass is 10.2. The van der Waals surface area contributed by atoms with Crippen molar-refractivity contribution in [2.24, 2.45) is 0 Å². The molecule has 0 radical (unpaired) electrons. The van der Waals surface area contributed by atoms with Crippen molar-refractivity contribution in [1.29, 1.82) is 0 Å². The van der Waals surface area contributed by atoms with E-state index in [1.54, 1.807) is 58.3 Å². The molecule has 2 heterocycles. The van der Waals surface area contributed by atoms with E-state index in [2.05, 4.69) is 10.6 Å². The smallest absolute Gasteiger partial charge is 0.251 e. The predicted octanol–water partition coefficient (Wildman–Crippen LogP) is 1.98. The van der Waals surface area contributed by atoms with Gasteiger partial charge >= 0.3 is 0 Å². The average molecular weight is 498 g/mol. The van der Waals surface area contributed by atoms with Gasteiger partial charge in [-0.3, -0.25) is 24.1 Å². The zero-order chi connectivity index (χ0) is 24.8. The molecule has 9 nitrogen and oxygen atoms in total. The van der Waals surface area contributed by atoms with Crippen molar-refractivity contribution in [2.75, 3.05) is 56.0 Å². The minimum atomic E-state index is -0.340. The van der Waals surface area contributed by atoms with E-state index in [4.69, 9.17) is 11.6 Å². The largest absolute Gasteiger partial charge is 0.343 e. The first-order valence-electron chi connectivity index (χ1n) is 11.6. The summed E-state index contributed by atoms with van der Waals surface area (Å²) >= 11 is 6.08. The Morgan fingerprint density at radius 3 is 2.29 bits per heavy atom. The fraction of sp³-hybridized carbons (Fsp3) is 0.360. The molecule has 2 N–H and O–H groups in total. The third-order valence-electron chi connectivity index (χ3n) is 6.15. The summed E-state index contributed by atoms with van der Waals surface area (Å²) in [5, 5.41) is 5.95. The van der Waals surface area contributed by atoms with Crippen LogP contribution in [0.25, 0.3) is 0 Å². The van der Waals surface area contributed by atoms with Crippen LogP contribution in [0.3, 0.4) is 0 Å². The molecule has 0 aromatic heterocycles. The minimum absolute atomic E-state index is 0.0918. The fourth-order valence-corrected chi connectivity index (χ4v) is 4.38. The predicted molar refractivity (Wildman–Crippen MR) is 133 cm³/mol. The van der Waals surface area contributed by atoms with Gasteiger partial charge < -0.3 is 20.4 Å². The van der Waals surface area contributed by atoms with Crippen molar-refractivity contribution in [2.45, 2.75) is 12.8 Å². The number of hydrogen-bond acceptors (Lipinski definition) is 5. The Labute approximate surface area is 209 Å². The van der Waals surface area contributed by atoms with E-state index in [0.717, 1.165) is 12.1 Å². The second kappa shape index (κ2) is 11.3. The molecule has 4 rings (SSSR count). The van der Waals surface area contributed by atoms with E-state index in [0.29, 0.717) is 55.4 Å². The maximum absolute atomic E-state index is 12.6. The van der Waals surface area contributed by atoms with E-state index in [9.17, 15) is 19.2 Å². The number of hydrogen-bond donors (Lipinski definition) is 2. The molecule has 184 valence electrons. The molecule has 2 aromatic rings. The van der Waals surface area contributed by atoms with Crippen molar-refractivity contribution in [3.8, 4) is 0 Å². The quantitative estimate of drug-likeness (QED) is 0.609. The van der Waals surface area contributed by atoms with E-state index in [1.165, 1.54) is 0 Å². The van der Waals surface area contributed by atoms with E-state index >= 15 is 0 Å². The number of benzene rings is 2. The lowest BCUT2D eigenvalue weighted by molar-refractivity contribution is -0.132. The summed E-state index contributed by atoms with van der Waals surface area (Å²) < 4.78 is 0. The van der Waals surface area contributed by atoms with Gasteiger partial charge in [-0.2, -0.15) is 0 Å². The molecule has 0 saturated carbocycles. The van der Waals surface area contributed by atoms with Gasteiger partial charge in [0.15, 0.2) is 0 Å². The van der Waals surface area contributed by atoms with Gasteiger partial charge in [0.25, 0.3) is 5.91 Å². The third-order valence-corrected chi connectivity index (χ3v) is 6.48. The zero-order valence-corrected chi connectivity index (χ0v) is 20.1. The van der Waals surface area contributed by atoms with E-state index < -0.39 is 0 Å². The molecule has 0 bridgehead atoms. The summed E-state index contributed by atoms with van der Waals surface area (Å²) in [5.74, 6) is -0.579. The number of nitrogens with zero attached hydrogens (tertiary/aromatic N) is 3. The van der Waals surface area contributed by atoms with Crippen molar-refractivity contribution in [1.82, 2.24) is 15.1 Å². The van der Waals surface area contributed by atoms with Gasteiger partial charge in [-0.25, -0.2) is 0 Å². The summed E-state index contributed by atoms with van der Waals surface area (Å²) in [6.07, 6.45) is 1.39. The average Bonchev–Trinajstić information content (AvgIpc) is 3.30. The van der Waals surface area contributed by atoms with Crippen molar-refractivity contribution >= 4 is 46.6 Å². The molecule has 2 fully saturated rings. The van der Waals surface area contributed by atoms with Crippen molar-refractivity contribution in [3.05, 3.63) is 59.1 Å². The summed E-state index contributed by atoms with van der Waals surface area (Å²) in [6, 6.07) is 13.9. The van der Waals surface area contributed by atoms with Crippen LogP contribution in [-0.4, -0.2) is 79.2 Å². The SMILES string of the molecule is O=C(CN1CCN(C(=O)CNC(=O)c2ccc(N3CCCC3=O)cc2)CC1)Nc1ccccc1Cl. The maximum atomic E-state index is 12.6. The number of para-hydroxylation sites is 1. The van der Waals surface area contributed by atoms with E-state index in [-0.39, 0.29) is 36.7 Å². The van der Waals surface area contributed by atoms with Crippen LogP contribution in [0, 0.1) is 0 Å². The highest BCUT2D eigenvalue weighted by molar-refractivity contribution is 6.33. The first-order chi connectivity index (χ1) is 16.9. The molecule has 4 amide bonds. The normalized spacial score (nSPS) is 16.3. The molecular formula is C25H28ClN5O4. The Kier molecular flexibility index (Phi) is 7.99. The van der Waals surface area contributed by atoms with Crippen LogP contribution in [0.15, 0.2) is 48.5 Å². The number of anilines is 2. The Bertz CT molecular complexity index is 1100. The van der Waals surface area contributed by atoms with Crippen LogP contribution in [0.2, 0.25) is 5.02 Å². The molecule has 0 atom stereocenters. The van der Waals surface area contributed by atoms with Crippen molar-refractivity contribution in [3.63, 3.8) is 0 Å². The standard InChI is InChI=1S/C25H28ClN5O4/c26-20-4-1-2-5-21(20)28-22(32)17-29-12-14-30(15-13-29)24(34)16-27-25(35)18-7-9-19(10-8-18)31-11-3-6-23(31)33/h1-2,4-5,7-10H,3,6,11-17H2,(H,27,35)(H,28,32). The second-order valence-electron chi connectivity index (χ2n) is 8.56. The zero-order valence-electron chi connectivity index (χ0n) is 19.3. The van der Waals surface area contributed by atoms with Crippen molar-refractivity contribution < 1.29 is 19.2 Å². The summed E-state index contributed by atoms with van der Waals surface area (Å²) in [7, 11) is 0. The second-order valence-corrected chi connectivity index (χ2v) is 8.97. The molecule has 0 unspecified atom stereocenters. The van der Waals surface area contributed by atoms with Gasteiger partial charge in [0.05, 0.1) is 23.8 Å². The molecule has 35 heavy (non-hydrogen) atoms. The van der Waals surface area contributed by atoms with Gasteiger partial charge in [-0.1, -0.05) is 23.7 Å². The summed E-state index contributed by atoms with van der Waals surface area (Å²) in [6.45, 7) is 2.89. The highest BCUT2D eigenvalue weighted by atomic mass is 35.5. The molecular weight excluding hydrogens is 470 g/mol. The number of nitrogens with one attached hydrogen (secondary N) is 2. The highest BCUT2D eigenvalue weighted by Crippen LogP contribution is 2.22. The Hall–Kier alpha value is -3.43. The lowest BCUT2D eigenvalue weighted by Gasteiger charge is -2.34. The van der Waals surface area contributed by atoms with Crippen LogP contribution in [0.5, 0.6) is 0 Å². The summed E-state index contributed by atoms with van der Waals surface area (Å²) in [5.41, 5.74) is 1.78. The number of amides is 4. The molecule has 2 aromatic carbocycles. The first-order valence-corrected chi connectivity index (χ1v) is 12.0. The number of halogens is 1. The monoisotopic (exact) mass is 497 g/mol. The van der Waals surface area contributed by atoms with Gasteiger partial charge in [-0.05, 0) is 42.8 Å². The van der Waals surface area contributed by atoms with Crippen LogP contribution < -0.4 is 15.5 Å². The van der Waals surface area contributed by atoms with E-state index in [1.807, 2.05) is 4.90 Å². The van der Waals surface area contributed by atoms with Crippen LogP contribution >= 0.6 is 11.6 Å². The van der Waals surface area contributed by atoms with Crippen LogP contribution in [0.1, 0.15) is 23.2 Å². The number of rotatable bonds is 7. The van der Waals surface area contributed by atoms with Gasteiger partial charge in [0.2, 0.25) is 17.7 Å². The highest BCUT2D eigenvalue weighted by Gasteiger charge is 2.24. The third kappa shape index (κ3) is 6.37. The topological polar surface area (TPSA) is 102 Å². The molecule has 2 aliphatic heterocycles. The molecule has 0 aliphatic carbocycles.